The third kappa shape index (κ3) is 6.21. The van der Waals surface area contributed by atoms with Gasteiger partial charge in [0.15, 0.2) is 0 Å². The fourth-order valence-corrected chi connectivity index (χ4v) is 7.05. The highest BCUT2D eigenvalue weighted by Gasteiger charge is 2.31. The molecule has 3 atom stereocenters. The minimum atomic E-state index is -0.229. The van der Waals surface area contributed by atoms with Gasteiger partial charge in [-0.3, -0.25) is 24.6 Å². The summed E-state index contributed by atoms with van der Waals surface area (Å²) in [6.45, 7) is 4.89. The highest BCUT2D eigenvalue weighted by Crippen LogP contribution is 2.32. The van der Waals surface area contributed by atoms with Gasteiger partial charge in [-0.15, -0.1) is 0 Å². The summed E-state index contributed by atoms with van der Waals surface area (Å²) in [6, 6.07) is 17.7. The van der Waals surface area contributed by atoms with Crippen LogP contribution in [0.15, 0.2) is 64.0 Å². The van der Waals surface area contributed by atoms with Crippen molar-refractivity contribution in [1.82, 2.24) is 24.9 Å². The molecule has 6 rings (SSSR count). The molecule has 0 aliphatic carbocycles. The number of carbonyl (C=O) groups excluding carboxylic acids is 2. The molecule has 3 fully saturated rings. The Balaban J connectivity index is 1.01. The molecule has 4 heterocycles. The Hall–Kier alpha value is -3.34. The number of imide groups is 1. The van der Waals surface area contributed by atoms with E-state index in [1.165, 1.54) is 21.4 Å². The van der Waals surface area contributed by atoms with Crippen LogP contribution in [0.4, 0.5) is 5.69 Å². The Morgan fingerprint density at radius 1 is 0.905 bits per heavy atom. The smallest absolute Gasteiger partial charge is 0.282 e. The summed E-state index contributed by atoms with van der Waals surface area (Å²) in [5.41, 5.74) is 5.55. The molecule has 2 amide bonds. The van der Waals surface area contributed by atoms with Crippen LogP contribution < -0.4 is 16.2 Å². The molecule has 3 aromatic rings. The largest absolute Gasteiger partial charge is 0.379 e. The third-order valence-electron chi connectivity index (χ3n) is 8.93. The van der Waals surface area contributed by atoms with Crippen LogP contribution in [0.1, 0.15) is 59.3 Å². The molecule has 3 aliphatic heterocycles. The van der Waals surface area contributed by atoms with Crippen molar-refractivity contribution in [2.75, 3.05) is 38.5 Å². The zero-order valence-electron chi connectivity index (χ0n) is 24.1. The first kappa shape index (κ1) is 28.8. The van der Waals surface area contributed by atoms with Gasteiger partial charge in [0.2, 0.25) is 11.8 Å². The monoisotopic (exact) mass is 632 g/mol. The van der Waals surface area contributed by atoms with Crippen LogP contribution in [-0.2, 0) is 23.2 Å². The molecular formula is C32H37BrN6O3. The van der Waals surface area contributed by atoms with E-state index in [0.717, 1.165) is 50.4 Å². The van der Waals surface area contributed by atoms with Gasteiger partial charge in [-0.1, -0.05) is 48.5 Å². The molecule has 3 unspecified atom stereocenters. The van der Waals surface area contributed by atoms with Crippen molar-refractivity contribution < 1.29 is 9.59 Å². The van der Waals surface area contributed by atoms with Crippen molar-refractivity contribution in [3.8, 4) is 0 Å². The maximum absolute atomic E-state index is 12.3. The van der Waals surface area contributed by atoms with Gasteiger partial charge in [0.05, 0.1) is 17.8 Å². The predicted molar refractivity (Wildman–Crippen MR) is 165 cm³/mol. The Morgan fingerprint density at radius 3 is 2.29 bits per heavy atom. The zero-order valence-corrected chi connectivity index (χ0v) is 25.6. The Morgan fingerprint density at radius 2 is 1.57 bits per heavy atom. The van der Waals surface area contributed by atoms with E-state index in [4.69, 9.17) is 0 Å². The van der Waals surface area contributed by atoms with Crippen molar-refractivity contribution in [2.24, 2.45) is 7.05 Å². The van der Waals surface area contributed by atoms with Crippen LogP contribution in [0.3, 0.4) is 0 Å². The first-order valence-corrected chi connectivity index (χ1v) is 15.4. The lowest BCUT2D eigenvalue weighted by Crippen LogP contribution is -2.44. The summed E-state index contributed by atoms with van der Waals surface area (Å²) in [4.78, 5) is 40.7. The number of anilines is 1. The second-order valence-electron chi connectivity index (χ2n) is 12.1. The summed E-state index contributed by atoms with van der Waals surface area (Å²) in [5.74, 6) is 0.322. The van der Waals surface area contributed by atoms with Gasteiger partial charge in [-0.05, 0) is 64.0 Å². The third-order valence-corrected chi connectivity index (χ3v) is 9.70. The standard InChI is InChI=1S/C32H37BrN6O3/c1-37-16-24(13-26(19-37)35-28-14-34-38(2)32(42)30(28)33)21-5-3-20(4-6-21)15-39-17-25(18-39)22-7-9-23(10-8-22)27-11-12-29(40)36-31(27)41/h3-10,14,24-27,35H,11-13,15-19H2,1-2H3,(H,36,40,41). The Labute approximate surface area is 254 Å². The molecule has 0 radical (unpaired) electrons. The van der Waals surface area contributed by atoms with Crippen molar-refractivity contribution in [1.29, 1.82) is 0 Å². The first-order valence-electron chi connectivity index (χ1n) is 14.6. The predicted octanol–water partition coefficient (Wildman–Crippen LogP) is 3.56. The minimum absolute atomic E-state index is 0.146. The van der Waals surface area contributed by atoms with Crippen molar-refractivity contribution >= 4 is 33.4 Å². The molecule has 2 aromatic carbocycles. The van der Waals surface area contributed by atoms with Crippen molar-refractivity contribution in [3.63, 3.8) is 0 Å². The average Bonchev–Trinajstić information content (AvgIpc) is 2.95. The van der Waals surface area contributed by atoms with Gasteiger partial charge in [0.25, 0.3) is 5.56 Å². The minimum Gasteiger partial charge on any atom is -0.379 e. The highest BCUT2D eigenvalue weighted by molar-refractivity contribution is 9.10. The number of hydrogen-bond acceptors (Lipinski definition) is 7. The number of benzene rings is 2. The average molecular weight is 634 g/mol. The van der Waals surface area contributed by atoms with Crippen LogP contribution in [0.25, 0.3) is 0 Å². The topological polar surface area (TPSA) is 99.6 Å². The number of rotatable bonds is 7. The molecule has 220 valence electrons. The zero-order chi connectivity index (χ0) is 29.4. The van der Waals surface area contributed by atoms with E-state index < -0.39 is 0 Å². The number of piperidine rings is 2. The lowest BCUT2D eigenvalue weighted by Gasteiger charge is -2.40. The van der Waals surface area contributed by atoms with Crippen LogP contribution >= 0.6 is 15.9 Å². The number of halogens is 1. The van der Waals surface area contributed by atoms with Gasteiger partial charge >= 0.3 is 0 Å². The van der Waals surface area contributed by atoms with Crippen LogP contribution in [0.2, 0.25) is 0 Å². The second kappa shape index (κ2) is 12.1. The molecule has 9 nitrogen and oxygen atoms in total. The number of aryl methyl sites for hydroxylation is 1. The summed E-state index contributed by atoms with van der Waals surface area (Å²) in [5, 5.41) is 10.2. The summed E-state index contributed by atoms with van der Waals surface area (Å²) in [6.07, 6.45) is 3.68. The van der Waals surface area contributed by atoms with Gasteiger partial charge in [-0.2, -0.15) is 5.10 Å². The number of hydrogen-bond donors (Lipinski definition) is 2. The molecule has 0 spiro atoms. The number of likely N-dealkylation sites (N-methyl/N-ethyl adjacent to an activating group) is 1. The van der Waals surface area contributed by atoms with Gasteiger partial charge in [-0.25, -0.2) is 4.68 Å². The number of nitrogens with one attached hydrogen (secondary N) is 2. The summed E-state index contributed by atoms with van der Waals surface area (Å²) in [7, 11) is 3.80. The Bertz CT molecular complexity index is 1520. The molecule has 42 heavy (non-hydrogen) atoms. The maximum atomic E-state index is 12.3. The van der Waals surface area contributed by atoms with Crippen LogP contribution in [0.5, 0.6) is 0 Å². The van der Waals surface area contributed by atoms with Crippen molar-refractivity contribution in [3.05, 3.63) is 91.8 Å². The molecule has 3 aliphatic rings. The van der Waals surface area contributed by atoms with E-state index in [1.807, 2.05) is 0 Å². The molecule has 3 saturated heterocycles. The number of aromatic nitrogens is 2. The molecule has 10 heteroatoms. The normalized spacial score (nSPS) is 23.8. The van der Waals surface area contributed by atoms with E-state index in [9.17, 15) is 14.4 Å². The van der Waals surface area contributed by atoms with E-state index in [1.54, 1.807) is 13.2 Å². The van der Waals surface area contributed by atoms with Crippen molar-refractivity contribution in [2.45, 2.75) is 49.6 Å². The summed E-state index contributed by atoms with van der Waals surface area (Å²) < 4.78 is 1.85. The quantitative estimate of drug-likeness (QED) is 0.384. The molecule has 1 aromatic heterocycles. The van der Waals surface area contributed by atoms with Gasteiger partial charge in [0, 0.05) is 58.2 Å². The lowest BCUT2D eigenvalue weighted by atomic mass is 9.86. The van der Waals surface area contributed by atoms with Gasteiger partial charge < -0.3 is 10.2 Å². The maximum Gasteiger partial charge on any atom is 0.282 e. The second-order valence-corrected chi connectivity index (χ2v) is 12.9. The van der Waals surface area contributed by atoms with Crippen LogP contribution in [-0.4, -0.2) is 70.7 Å². The SMILES string of the molecule is CN1CC(Nc2cnn(C)c(=O)c2Br)CC(c2ccc(CN3CC(c4ccc(C5CCC(=O)NC5=O)cc4)C3)cc2)C1. The number of likely N-dealkylation sites (tertiary alicyclic amines) is 2. The molecular weight excluding hydrogens is 596 g/mol. The van der Waals surface area contributed by atoms with E-state index in [-0.39, 0.29) is 29.3 Å². The summed E-state index contributed by atoms with van der Waals surface area (Å²) >= 11 is 3.43. The van der Waals surface area contributed by atoms with Crippen LogP contribution in [0, 0.1) is 0 Å². The van der Waals surface area contributed by atoms with E-state index in [0.29, 0.717) is 29.2 Å². The molecule has 0 bridgehead atoms. The number of carbonyl (C=O) groups is 2. The molecule has 0 saturated carbocycles. The van der Waals surface area contributed by atoms with E-state index >= 15 is 0 Å². The number of amides is 2. The lowest BCUT2D eigenvalue weighted by molar-refractivity contribution is -0.134. The fourth-order valence-electron chi connectivity index (χ4n) is 6.57. The number of nitrogens with zero attached hydrogens (tertiary/aromatic N) is 4. The van der Waals surface area contributed by atoms with E-state index in [2.05, 4.69) is 97.0 Å². The van der Waals surface area contributed by atoms with Gasteiger partial charge in [0.1, 0.15) is 4.47 Å². The first-order chi connectivity index (χ1) is 20.2. The Kier molecular flexibility index (Phi) is 8.29. The molecule has 2 N–H and O–H groups in total. The fraction of sp³-hybridized carbons (Fsp3) is 0.438. The highest BCUT2D eigenvalue weighted by atomic mass is 79.9.